The molecule has 0 N–H and O–H groups in total. The molecule has 0 saturated carbocycles. The minimum Gasteiger partial charge on any atom is -0.311 e. The van der Waals surface area contributed by atoms with E-state index in [1.54, 1.807) is 0 Å². The highest BCUT2D eigenvalue weighted by Gasteiger charge is 2.14. The summed E-state index contributed by atoms with van der Waals surface area (Å²) >= 11 is 0. The molecule has 0 heterocycles. The van der Waals surface area contributed by atoms with Crippen LogP contribution in [0.1, 0.15) is 0 Å². The van der Waals surface area contributed by atoms with Crippen LogP contribution in [-0.4, -0.2) is 0 Å². The summed E-state index contributed by atoms with van der Waals surface area (Å²) in [5.41, 5.74) is 10.6. The number of benzene rings is 9. The van der Waals surface area contributed by atoms with Gasteiger partial charge in [0, 0.05) is 17.1 Å². The third-order valence-electron chi connectivity index (χ3n) is 9.67. The summed E-state index contributed by atoms with van der Waals surface area (Å²) in [6, 6.07) is 72.2. The number of anilines is 3. The summed E-state index contributed by atoms with van der Waals surface area (Å²) < 4.78 is 0. The summed E-state index contributed by atoms with van der Waals surface area (Å²) in [5, 5.41) is 7.80. The Bertz CT molecular complexity index is 2520. The second-order valence-corrected chi connectivity index (χ2v) is 12.6. The van der Waals surface area contributed by atoms with E-state index >= 15 is 0 Å². The van der Waals surface area contributed by atoms with Gasteiger partial charge in [0.2, 0.25) is 0 Å². The van der Waals surface area contributed by atoms with Gasteiger partial charge in [0.1, 0.15) is 0 Å². The molecule has 230 valence electrons. The Kier molecular flexibility index (Phi) is 7.22. The first-order valence-electron chi connectivity index (χ1n) is 16.8. The maximum absolute atomic E-state index is 2.36. The Morgan fingerprint density at radius 1 is 0.204 bits per heavy atom. The molecule has 9 aromatic rings. The first kappa shape index (κ1) is 28.8. The predicted octanol–water partition coefficient (Wildman–Crippen LogP) is 13.6. The molecule has 0 atom stereocenters. The Morgan fingerprint density at radius 2 is 0.510 bits per heavy atom. The van der Waals surface area contributed by atoms with Crippen molar-refractivity contribution in [1.29, 1.82) is 0 Å². The third-order valence-corrected chi connectivity index (χ3v) is 9.67. The van der Waals surface area contributed by atoms with Crippen LogP contribution in [0.2, 0.25) is 0 Å². The topological polar surface area (TPSA) is 3.24 Å². The second-order valence-electron chi connectivity index (χ2n) is 12.6. The van der Waals surface area contributed by atoms with E-state index in [1.807, 2.05) is 0 Å². The van der Waals surface area contributed by atoms with Crippen LogP contribution < -0.4 is 4.90 Å². The van der Waals surface area contributed by atoms with E-state index in [2.05, 4.69) is 205 Å². The monoisotopic (exact) mass is 623 g/mol. The third kappa shape index (κ3) is 5.32. The molecule has 0 saturated heterocycles. The van der Waals surface area contributed by atoms with E-state index < -0.39 is 0 Å². The van der Waals surface area contributed by atoms with Crippen LogP contribution in [0.5, 0.6) is 0 Å². The fourth-order valence-electron chi connectivity index (χ4n) is 7.20. The number of nitrogens with zero attached hydrogens (tertiary/aromatic N) is 1. The molecule has 0 spiro atoms. The summed E-state index contributed by atoms with van der Waals surface area (Å²) in [4.78, 5) is 2.31. The van der Waals surface area contributed by atoms with Gasteiger partial charge in [0.05, 0.1) is 0 Å². The quantitative estimate of drug-likeness (QED) is 0.167. The van der Waals surface area contributed by atoms with Crippen molar-refractivity contribution < 1.29 is 0 Å². The fraction of sp³-hybridized carbons (Fsp3) is 0. The summed E-state index contributed by atoms with van der Waals surface area (Å²) in [6.07, 6.45) is 0. The number of fused-ring (bicyclic) bond motifs is 6. The maximum atomic E-state index is 2.36. The van der Waals surface area contributed by atoms with E-state index in [0.717, 1.165) is 17.1 Å². The van der Waals surface area contributed by atoms with Crippen molar-refractivity contribution in [2.24, 2.45) is 0 Å². The molecule has 0 aliphatic carbocycles. The van der Waals surface area contributed by atoms with Crippen molar-refractivity contribution in [3.05, 3.63) is 200 Å². The van der Waals surface area contributed by atoms with E-state index in [0.29, 0.717) is 0 Å². The molecule has 1 heteroatoms. The Morgan fingerprint density at radius 3 is 1.00 bits per heavy atom. The lowest BCUT2D eigenvalue weighted by Crippen LogP contribution is -2.09. The van der Waals surface area contributed by atoms with Crippen molar-refractivity contribution in [3.63, 3.8) is 0 Å². The zero-order chi connectivity index (χ0) is 32.6. The molecule has 0 aromatic heterocycles. The first-order valence-corrected chi connectivity index (χ1v) is 16.8. The van der Waals surface area contributed by atoms with Gasteiger partial charge in [-0.05, 0) is 108 Å². The van der Waals surface area contributed by atoms with Gasteiger partial charge < -0.3 is 4.90 Å². The molecule has 9 rings (SSSR count). The number of hydrogen-bond acceptors (Lipinski definition) is 1. The normalized spacial score (nSPS) is 11.3. The highest BCUT2D eigenvalue weighted by atomic mass is 15.1. The zero-order valence-corrected chi connectivity index (χ0v) is 27.0. The second kappa shape index (κ2) is 12.3. The summed E-state index contributed by atoms with van der Waals surface area (Å²) in [5.74, 6) is 0. The fourth-order valence-corrected chi connectivity index (χ4v) is 7.20. The molecular weight excluding hydrogens is 591 g/mol. The van der Waals surface area contributed by atoms with Crippen LogP contribution in [0.25, 0.3) is 65.7 Å². The molecule has 0 amide bonds. The lowest BCUT2D eigenvalue weighted by atomic mass is 9.92. The minimum absolute atomic E-state index is 1.12. The minimum atomic E-state index is 1.12. The van der Waals surface area contributed by atoms with Gasteiger partial charge in [-0.15, -0.1) is 0 Å². The van der Waals surface area contributed by atoms with Crippen LogP contribution in [-0.2, 0) is 0 Å². The number of rotatable bonds is 6. The van der Waals surface area contributed by atoms with Gasteiger partial charge in [0.15, 0.2) is 0 Å². The van der Waals surface area contributed by atoms with Crippen molar-refractivity contribution in [1.82, 2.24) is 0 Å². The van der Waals surface area contributed by atoms with Crippen molar-refractivity contribution in [2.45, 2.75) is 0 Å². The molecule has 49 heavy (non-hydrogen) atoms. The van der Waals surface area contributed by atoms with E-state index in [4.69, 9.17) is 0 Å². The zero-order valence-electron chi connectivity index (χ0n) is 27.0. The summed E-state index contributed by atoms with van der Waals surface area (Å²) in [6.45, 7) is 0. The van der Waals surface area contributed by atoms with Crippen molar-refractivity contribution in [2.75, 3.05) is 4.90 Å². The van der Waals surface area contributed by atoms with Gasteiger partial charge in [-0.2, -0.15) is 0 Å². The Labute approximate surface area is 287 Å². The van der Waals surface area contributed by atoms with Gasteiger partial charge in [0.25, 0.3) is 0 Å². The molecule has 0 fully saturated rings. The van der Waals surface area contributed by atoms with E-state index in [1.165, 1.54) is 65.7 Å². The highest BCUT2D eigenvalue weighted by Crippen LogP contribution is 2.39. The lowest BCUT2D eigenvalue weighted by molar-refractivity contribution is 1.28. The van der Waals surface area contributed by atoms with Crippen molar-refractivity contribution in [3.8, 4) is 33.4 Å². The molecular formula is C48H33N. The smallest absolute Gasteiger partial charge is 0.0462 e. The molecule has 0 radical (unpaired) electrons. The maximum Gasteiger partial charge on any atom is 0.0462 e. The van der Waals surface area contributed by atoms with Gasteiger partial charge >= 0.3 is 0 Å². The lowest BCUT2D eigenvalue weighted by Gasteiger charge is -2.26. The van der Waals surface area contributed by atoms with E-state index in [9.17, 15) is 0 Å². The van der Waals surface area contributed by atoms with Gasteiger partial charge in [-0.1, -0.05) is 158 Å². The Hall–Kier alpha value is -6.44. The van der Waals surface area contributed by atoms with Crippen LogP contribution >= 0.6 is 0 Å². The predicted molar refractivity (Wildman–Crippen MR) is 210 cm³/mol. The van der Waals surface area contributed by atoms with Gasteiger partial charge in [-0.3, -0.25) is 0 Å². The average molecular weight is 624 g/mol. The molecule has 9 aromatic carbocycles. The first-order chi connectivity index (χ1) is 24.3. The number of hydrogen-bond donors (Lipinski definition) is 0. The standard InChI is InChI=1S/C48H33N/c1-3-11-34(12-4-1)36-23-28-41(29-24-36)49(40-13-5-2-6-14-40)42-30-25-37(26-31-42)35-19-21-38(22-20-35)39-27-32-47-45-17-8-7-15-43(45)44-16-9-10-18-46(44)48(47)33-39/h1-33H. The van der Waals surface area contributed by atoms with Crippen LogP contribution in [0, 0.1) is 0 Å². The van der Waals surface area contributed by atoms with Crippen LogP contribution in [0.3, 0.4) is 0 Å². The molecule has 0 unspecified atom stereocenters. The van der Waals surface area contributed by atoms with Crippen molar-refractivity contribution >= 4 is 49.4 Å². The Balaban J connectivity index is 1.03. The average Bonchev–Trinajstić information content (AvgIpc) is 3.19. The molecule has 0 aliphatic heterocycles. The molecule has 0 aliphatic rings. The largest absolute Gasteiger partial charge is 0.311 e. The van der Waals surface area contributed by atoms with Crippen LogP contribution in [0.15, 0.2) is 200 Å². The SMILES string of the molecule is c1ccc(-c2ccc(N(c3ccccc3)c3ccc(-c4ccc(-c5ccc6c7ccccc7c7ccccc7c6c5)cc4)cc3)cc2)cc1. The molecule has 0 bridgehead atoms. The van der Waals surface area contributed by atoms with E-state index in [-0.39, 0.29) is 0 Å². The summed E-state index contributed by atoms with van der Waals surface area (Å²) in [7, 11) is 0. The highest BCUT2D eigenvalue weighted by molar-refractivity contribution is 6.25. The van der Waals surface area contributed by atoms with Gasteiger partial charge in [-0.25, -0.2) is 0 Å². The molecule has 1 nitrogen and oxygen atoms in total. The number of para-hydroxylation sites is 1. The van der Waals surface area contributed by atoms with Crippen LogP contribution in [0.4, 0.5) is 17.1 Å².